The Balaban J connectivity index is 2.25. The molecule has 0 radical (unpaired) electrons. The Hall–Kier alpha value is -1.27. The summed E-state index contributed by atoms with van der Waals surface area (Å²) in [6.07, 6.45) is 1.04. The van der Waals surface area contributed by atoms with Crippen LogP contribution in [-0.4, -0.2) is 20.6 Å². The first-order valence-electron chi connectivity index (χ1n) is 6.30. The Morgan fingerprint density at radius 2 is 1.65 bits per heavy atom. The van der Waals surface area contributed by atoms with E-state index in [-0.39, 0.29) is 22.1 Å². The number of esters is 1. The summed E-state index contributed by atoms with van der Waals surface area (Å²) >= 11 is 17.9. The highest BCUT2D eigenvalue weighted by molar-refractivity contribution is 7.90. The molecule has 2 aromatic carbocycles. The monoisotopic (exact) mass is 392 g/mol. The van der Waals surface area contributed by atoms with Gasteiger partial charge in [-0.3, -0.25) is 0 Å². The Bertz CT molecular complexity index is 843. The molecule has 0 aliphatic carbocycles. The highest BCUT2D eigenvalue weighted by Crippen LogP contribution is 2.26. The van der Waals surface area contributed by atoms with Gasteiger partial charge in [-0.15, -0.1) is 0 Å². The molecule has 0 spiro atoms. The summed E-state index contributed by atoms with van der Waals surface area (Å²) < 4.78 is 28.3. The average Bonchev–Trinajstić information content (AvgIpc) is 2.45. The topological polar surface area (TPSA) is 60.4 Å². The number of benzene rings is 2. The van der Waals surface area contributed by atoms with Gasteiger partial charge in [0.2, 0.25) is 0 Å². The van der Waals surface area contributed by atoms with Crippen molar-refractivity contribution >= 4 is 50.6 Å². The van der Waals surface area contributed by atoms with Crippen LogP contribution >= 0.6 is 34.8 Å². The van der Waals surface area contributed by atoms with E-state index in [2.05, 4.69) is 0 Å². The Morgan fingerprint density at radius 3 is 2.22 bits per heavy atom. The molecule has 0 fully saturated rings. The quantitative estimate of drug-likeness (QED) is 0.722. The van der Waals surface area contributed by atoms with Gasteiger partial charge in [0.05, 0.1) is 15.5 Å². The summed E-state index contributed by atoms with van der Waals surface area (Å²) in [6.45, 7) is -0.156. The summed E-state index contributed by atoms with van der Waals surface area (Å²) in [7, 11) is -3.46. The van der Waals surface area contributed by atoms with Crippen molar-refractivity contribution in [3.05, 3.63) is 62.6 Å². The fourth-order valence-electron chi connectivity index (χ4n) is 1.78. The molecule has 8 heteroatoms. The lowest BCUT2D eigenvalue weighted by Gasteiger charge is -2.10. The maximum atomic E-state index is 12.2. The van der Waals surface area contributed by atoms with Gasteiger partial charge in [-0.1, -0.05) is 40.9 Å². The van der Waals surface area contributed by atoms with Crippen molar-refractivity contribution in [2.75, 3.05) is 6.26 Å². The zero-order valence-electron chi connectivity index (χ0n) is 11.8. The van der Waals surface area contributed by atoms with Gasteiger partial charge in [0, 0.05) is 21.9 Å². The van der Waals surface area contributed by atoms with E-state index < -0.39 is 15.8 Å². The van der Waals surface area contributed by atoms with Crippen molar-refractivity contribution in [2.45, 2.75) is 11.5 Å². The molecule has 0 atom stereocenters. The van der Waals surface area contributed by atoms with Gasteiger partial charge in [-0.05, 0) is 30.3 Å². The van der Waals surface area contributed by atoms with E-state index in [4.69, 9.17) is 39.5 Å². The molecule has 0 amide bonds. The van der Waals surface area contributed by atoms with Gasteiger partial charge >= 0.3 is 5.97 Å². The van der Waals surface area contributed by atoms with E-state index >= 15 is 0 Å². The summed E-state index contributed by atoms with van der Waals surface area (Å²) in [5, 5.41) is 0.815. The molecule has 23 heavy (non-hydrogen) atoms. The summed E-state index contributed by atoms with van der Waals surface area (Å²) in [5.41, 5.74) is 0.414. The second kappa shape index (κ2) is 7.09. The van der Waals surface area contributed by atoms with Crippen LogP contribution in [-0.2, 0) is 21.2 Å². The SMILES string of the molecule is CS(=O)(=O)c1ccc(Cl)c(C(=O)OCc2c(Cl)cccc2Cl)c1. The average molecular weight is 394 g/mol. The second-order valence-electron chi connectivity index (χ2n) is 4.69. The van der Waals surface area contributed by atoms with E-state index in [1.54, 1.807) is 18.2 Å². The van der Waals surface area contributed by atoms with Crippen LogP contribution in [0.2, 0.25) is 15.1 Å². The predicted octanol–water partition coefficient (Wildman–Crippen LogP) is 4.41. The van der Waals surface area contributed by atoms with Crippen LogP contribution < -0.4 is 0 Å². The lowest BCUT2D eigenvalue weighted by atomic mass is 10.2. The van der Waals surface area contributed by atoms with E-state index in [1.807, 2.05) is 0 Å². The highest BCUT2D eigenvalue weighted by Gasteiger charge is 2.17. The number of rotatable bonds is 4. The van der Waals surface area contributed by atoms with Crippen LogP contribution in [0, 0.1) is 0 Å². The second-order valence-corrected chi connectivity index (χ2v) is 7.93. The maximum Gasteiger partial charge on any atom is 0.340 e. The van der Waals surface area contributed by atoms with E-state index in [9.17, 15) is 13.2 Å². The molecule has 0 N–H and O–H groups in total. The summed E-state index contributed by atoms with van der Waals surface area (Å²) in [6, 6.07) is 8.73. The smallest absolute Gasteiger partial charge is 0.340 e. The van der Waals surface area contributed by atoms with Crippen LogP contribution in [0.1, 0.15) is 15.9 Å². The summed E-state index contributed by atoms with van der Waals surface area (Å²) in [5.74, 6) is -0.767. The van der Waals surface area contributed by atoms with Gasteiger partial charge in [-0.2, -0.15) is 0 Å². The number of halogens is 3. The lowest BCUT2D eigenvalue weighted by Crippen LogP contribution is -2.08. The fraction of sp³-hybridized carbons (Fsp3) is 0.133. The number of hydrogen-bond donors (Lipinski definition) is 0. The van der Waals surface area contributed by atoms with Gasteiger partial charge in [0.1, 0.15) is 6.61 Å². The van der Waals surface area contributed by atoms with Crippen molar-refractivity contribution in [3.63, 3.8) is 0 Å². The normalized spacial score (nSPS) is 11.3. The lowest BCUT2D eigenvalue weighted by molar-refractivity contribution is 0.0473. The minimum absolute atomic E-state index is 0.0235. The molecular weight excluding hydrogens is 383 g/mol. The third-order valence-corrected chi connectivity index (χ3v) is 5.14. The van der Waals surface area contributed by atoms with Crippen LogP contribution in [0.3, 0.4) is 0 Å². The molecule has 0 aromatic heterocycles. The van der Waals surface area contributed by atoms with Crippen molar-refractivity contribution in [1.82, 2.24) is 0 Å². The molecule has 0 unspecified atom stereocenters. The highest BCUT2D eigenvalue weighted by atomic mass is 35.5. The first-order chi connectivity index (χ1) is 10.7. The number of carbonyl (C=O) groups excluding carboxylic acids is 1. The first-order valence-corrected chi connectivity index (χ1v) is 9.32. The van der Waals surface area contributed by atoms with Gasteiger partial charge in [0.15, 0.2) is 9.84 Å². The number of hydrogen-bond acceptors (Lipinski definition) is 4. The third-order valence-electron chi connectivity index (χ3n) is 3.00. The Morgan fingerprint density at radius 1 is 1.04 bits per heavy atom. The van der Waals surface area contributed by atoms with Crippen LogP contribution in [0.15, 0.2) is 41.3 Å². The van der Waals surface area contributed by atoms with E-state index in [0.717, 1.165) is 6.26 Å². The molecular formula is C15H11Cl3O4S. The van der Waals surface area contributed by atoms with Crippen LogP contribution in [0.4, 0.5) is 0 Å². The molecule has 2 aromatic rings. The number of sulfone groups is 1. The van der Waals surface area contributed by atoms with Crippen molar-refractivity contribution in [1.29, 1.82) is 0 Å². The van der Waals surface area contributed by atoms with Crippen molar-refractivity contribution < 1.29 is 17.9 Å². The largest absolute Gasteiger partial charge is 0.457 e. The predicted molar refractivity (Wildman–Crippen MR) is 90.1 cm³/mol. The minimum atomic E-state index is -3.46. The standard InChI is InChI=1S/C15H11Cl3O4S/c1-23(20,21)9-5-6-14(18)10(7-9)15(19)22-8-11-12(16)3-2-4-13(11)17/h2-7H,8H2,1H3. The molecule has 0 aliphatic rings. The molecule has 0 bridgehead atoms. The van der Waals surface area contributed by atoms with E-state index in [1.165, 1.54) is 18.2 Å². The Kier molecular flexibility index (Phi) is 5.57. The minimum Gasteiger partial charge on any atom is -0.457 e. The first kappa shape index (κ1) is 18.1. The summed E-state index contributed by atoms with van der Waals surface area (Å²) in [4.78, 5) is 12.1. The van der Waals surface area contributed by atoms with Gasteiger partial charge in [0.25, 0.3) is 0 Å². The molecule has 0 heterocycles. The molecule has 122 valence electrons. The zero-order valence-corrected chi connectivity index (χ0v) is 14.9. The number of carbonyl (C=O) groups is 1. The van der Waals surface area contributed by atoms with E-state index in [0.29, 0.717) is 15.6 Å². The maximum absolute atomic E-state index is 12.2. The zero-order chi connectivity index (χ0) is 17.2. The number of ether oxygens (including phenoxy) is 1. The third kappa shape index (κ3) is 4.38. The van der Waals surface area contributed by atoms with Crippen molar-refractivity contribution in [2.24, 2.45) is 0 Å². The van der Waals surface area contributed by atoms with Crippen LogP contribution in [0.5, 0.6) is 0 Å². The molecule has 4 nitrogen and oxygen atoms in total. The van der Waals surface area contributed by atoms with Crippen molar-refractivity contribution in [3.8, 4) is 0 Å². The molecule has 0 saturated heterocycles. The van der Waals surface area contributed by atoms with Gasteiger partial charge in [-0.25, -0.2) is 13.2 Å². The molecule has 2 rings (SSSR count). The molecule has 0 saturated carbocycles. The van der Waals surface area contributed by atoms with Crippen LogP contribution in [0.25, 0.3) is 0 Å². The Labute approximate surface area is 148 Å². The molecule has 0 aliphatic heterocycles. The fourth-order valence-corrected chi connectivity index (χ4v) is 3.13. The van der Waals surface area contributed by atoms with Gasteiger partial charge < -0.3 is 4.74 Å².